The summed E-state index contributed by atoms with van der Waals surface area (Å²) in [6.45, 7) is 0.458. The topological polar surface area (TPSA) is 85.0 Å². The van der Waals surface area contributed by atoms with Gasteiger partial charge in [-0.3, -0.25) is 14.5 Å². The van der Waals surface area contributed by atoms with E-state index in [-0.39, 0.29) is 12.3 Å². The van der Waals surface area contributed by atoms with E-state index in [1.54, 1.807) is 36.3 Å². The highest BCUT2D eigenvalue weighted by Crippen LogP contribution is 2.32. The summed E-state index contributed by atoms with van der Waals surface area (Å²) in [6, 6.07) is 14.7. The van der Waals surface area contributed by atoms with Crippen molar-refractivity contribution < 1.29 is 14.3 Å². The second-order valence-electron chi connectivity index (χ2n) is 6.24. The number of ether oxygens (including phenoxy) is 1. The first-order chi connectivity index (χ1) is 13.5. The Balaban J connectivity index is 1.79. The minimum Gasteiger partial charge on any atom is -0.497 e. The van der Waals surface area contributed by atoms with E-state index in [4.69, 9.17) is 22.1 Å². The highest BCUT2D eigenvalue weighted by atomic mass is 35.5. The lowest BCUT2D eigenvalue weighted by Gasteiger charge is -2.16. The number of carbonyl (C=O) groups excluding carboxylic acids is 2. The fourth-order valence-electron chi connectivity index (χ4n) is 2.77. The number of halogens is 1. The molecule has 1 saturated heterocycles. The van der Waals surface area contributed by atoms with Gasteiger partial charge in [0.2, 0.25) is 11.8 Å². The predicted molar refractivity (Wildman–Crippen MR) is 112 cm³/mol. The highest BCUT2D eigenvalue weighted by molar-refractivity contribution is 8.15. The van der Waals surface area contributed by atoms with Gasteiger partial charge in [0.25, 0.3) is 0 Å². The number of methoxy groups -OCH3 is 1. The van der Waals surface area contributed by atoms with Crippen LogP contribution in [0.5, 0.6) is 5.75 Å². The molecule has 0 unspecified atom stereocenters. The molecule has 146 valence electrons. The number of amides is 2. The molecule has 0 saturated carbocycles. The molecule has 8 heteroatoms. The maximum atomic E-state index is 12.8. The molecule has 1 fully saturated rings. The van der Waals surface area contributed by atoms with Crippen LogP contribution in [-0.2, 0) is 16.0 Å². The van der Waals surface area contributed by atoms with Crippen molar-refractivity contribution in [2.24, 2.45) is 10.7 Å². The molecule has 1 heterocycles. The minimum absolute atomic E-state index is 0.0117. The molecule has 1 aliphatic heterocycles. The van der Waals surface area contributed by atoms with E-state index >= 15 is 0 Å². The Hall–Kier alpha value is -2.51. The average molecular weight is 418 g/mol. The normalized spacial score (nSPS) is 17.9. The quantitative estimate of drug-likeness (QED) is 0.748. The third-order valence-electron chi connectivity index (χ3n) is 4.24. The summed E-state index contributed by atoms with van der Waals surface area (Å²) in [5.74, 6) is 0.127. The van der Waals surface area contributed by atoms with Gasteiger partial charge in [0.15, 0.2) is 5.17 Å². The van der Waals surface area contributed by atoms with Gasteiger partial charge >= 0.3 is 0 Å². The monoisotopic (exact) mass is 417 g/mol. The van der Waals surface area contributed by atoms with Crippen LogP contribution < -0.4 is 10.5 Å². The van der Waals surface area contributed by atoms with Gasteiger partial charge in [-0.1, -0.05) is 35.5 Å². The summed E-state index contributed by atoms with van der Waals surface area (Å²) in [5.41, 5.74) is 7.06. The Labute approximate surface area is 172 Å². The molecule has 0 spiro atoms. The van der Waals surface area contributed by atoms with Crippen molar-refractivity contribution in [1.29, 1.82) is 0 Å². The van der Waals surface area contributed by atoms with Gasteiger partial charge < -0.3 is 10.5 Å². The Kier molecular flexibility index (Phi) is 6.59. The minimum atomic E-state index is -0.542. The lowest BCUT2D eigenvalue weighted by atomic mass is 10.1. The van der Waals surface area contributed by atoms with Crippen molar-refractivity contribution in [2.75, 3.05) is 13.7 Å². The van der Waals surface area contributed by atoms with Crippen molar-refractivity contribution in [3.05, 3.63) is 59.1 Å². The number of nitrogens with two attached hydrogens (primary N) is 1. The number of hydrogen-bond donors (Lipinski definition) is 1. The van der Waals surface area contributed by atoms with Gasteiger partial charge in [0, 0.05) is 18.0 Å². The van der Waals surface area contributed by atoms with Crippen molar-refractivity contribution >= 4 is 46.0 Å². The van der Waals surface area contributed by atoms with Crippen LogP contribution in [0.4, 0.5) is 5.69 Å². The summed E-state index contributed by atoms with van der Waals surface area (Å²) in [6.07, 6.45) is 0.640. The van der Waals surface area contributed by atoms with Crippen molar-refractivity contribution in [3.8, 4) is 5.75 Å². The van der Waals surface area contributed by atoms with Gasteiger partial charge in [-0.25, -0.2) is 4.99 Å². The summed E-state index contributed by atoms with van der Waals surface area (Å²) < 4.78 is 5.17. The van der Waals surface area contributed by atoms with Gasteiger partial charge in [-0.15, -0.1) is 0 Å². The van der Waals surface area contributed by atoms with Crippen LogP contribution in [-0.4, -0.2) is 40.8 Å². The predicted octanol–water partition coefficient (Wildman–Crippen LogP) is 3.40. The standard InChI is InChI=1S/C20H20ClN3O3S/c1-27-16-8-2-13(3-9-16)10-11-24-19(26)17(12-18(22)25)28-20(24)23-15-6-4-14(21)5-7-15/h2-9,17H,10-12H2,1H3,(H2,22,25)/t17-/m1/s1. The summed E-state index contributed by atoms with van der Waals surface area (Å²) in [4.78, 5) is 30.3. The number of amidine groups is 1. The lowest BCUT2D eigenvalue weighted by Crippen LogP contribution is -2.35. The van der Waals surface area contributed by atoms with Gasteiger partial charge in [-0.05, 0) is 48.4 Å². The van der Waals surface area contributed by atoms with Crippen molar-refractivity contribution in [1.82, 2.24) is 4.90 Å². The van der Waals surface area contributed by atoms with E-state index < -0.39 is 11.2 Å². The molecule has 2 aromatic rings. The van der Waals surface area contributed by atoms with Crippen molar-refractivity contribution in [3.63, 3.8) is 0 Å². The number of hydrogen-bond acceptors (Lipinski definition) is 5. The fraction of sp³-hybridized carbons (Fsp3) is 0.250. The molecular formula is C20H20ClN3O3S. The molecule has 2 N–H and O–H groups in total. The second-order valence-corrected chi connectivity index (χ2v) is 7.84. The number of primary amides is 1. The zero-order valence-corrected chi connectivity index (χ0v) is 16.9. The van der Waals surface area contributed by atoms with E-state index in [1.165, 1.54) is 11.8 Å². The summed E-state index contributed by atoms with van der Waals surface area (Å²) >= 11 is 7.19. The van der Waals surface area contributed by atoms with Gasteiger partial charge in [-0.2, -0.15) is 0 Å². The van der Waals surface area contributed by atoms with Crippen LogP contribution in [0.2, 0.25) is 5.02 Å². The van der Waals surface area contributed by atoms with Crippen LogP contribution in [0.15, 0.2) is 53.5 Å². The number of benzene rings is 2. The Bertz CT molecular complexity index is 885. The first kappa shape index (κ1) is 20.2. The molecule has 28 heavy (non-hydrogen) atoms. The van der Waals surface area contributed by atoms with E-state index in [1.807, 2.05) is 24.3 Å². The smallest absolute Gasteiger partial charge is 0.242 e. The molecule has 0 aliphatic carbocycles. The number of rotatable bonds is 7. The van der Waals surface area contributed by atoms with Gasteiger partial charge in [0.05, 0.1) is 12.8 Å². The molecule has 2 aromatic carbocycles. The zero-order chi connectivity index (χ0) is 20.1. The number of aliphatic imine (C=N–C) groups is 1. The molecule has 2 amide bonds. The molecule has 1 aliphatic rings. The molecular weight excluding hydrogens is 398 g/mol. The first-order valence-electron chi connectivity index (χ1n) is 8.70. The lowest BCUT2D eigenvalue weighted by molar-refractivity contribution is -0.128. The molecule has 6 nitrogen and oxygen atoms in total. The van der Waals surface area contributed by atoms with E-state index in [2.05, 4.69) is 4.99 Å². The molecule has 3 rings (SSSR count). The maximum Gasteiger partial charge on any atom is 0.242 e. The van der Waals surface area contributed by atoms with E-state index in [9.17, 15) is 9.59 Å². The van der Waals surface area contributed by atoms with Crippen LogP contribution in [0, 0.1) is 0 Å². The Morgan fingerprint density at radius 3 is 2.50 bits per heavy atom. The molecule has 0 radical (unpaired) electrons. The number of thioether (sulfide) groups is 1. The SMILES string of the molecule is COc1ccc(CCN2C(=O)[C@@H](CC(N)=O)SC2=Nc2ccc(Cl)cc2)cc1. The second kappa shape index (κ2) is 9.12. The highest BCUT2D eigenvalue weighted by Gasteiger charge is 2.38. The van der Waals surface area contributed by atoms with Crippen LogP contribution >= 0.6 is 23.4 Å². The fourth-order valence-corrected chi connectivity index (χ4v) is 4.10. The zero-order valence-electron chi connectivity index (χ0n) is 15.3. The van der Waals surface area contributed by atoms with Gasteiger partial charge in [0.1, 0.15) is 11.0 Å². The largest absolute Gasteiger partial charge is 0.497 e. The third kappa shape index (κ3) is 5.05. The molecule has 0 bridgehead atoms. The van der Waals surface area contributed by atoms with Crippen molar-refractivity contribution in [2.45, 2.75) is 18.1 Å². The van der Waals surface area contributed by atoms with E-state index in [0.717, 1.165) is 11.3 Å². The number of nitrogens with zero attached hydrogens (tertiary/aromatic N) is 2. The van der Waals surface area contributed by atoms with Crippen LogP contribution in [0.1, 0.15) is 12.0 Å². The number of carbonyl (C=O) groups is 2. The maximum absolute atomic E-state index is 12.8. The Morgan fingerprint density at radius 1 is 1.21 bits per heavy atom. The summed E-state index contributed by atoms with van der Waals surface area (Å²) in [5, 5.41) is 0.633. The molecule has 0 aromatic heterocycles. The third-order valence-corrected chi connectivity index (χ3v) is 5.67. The average Bonchev–Trinajstić information content (AvgIpc) is 2.96. The summed E-state index contributed by atoms with van der Waals surface area (Å²) in [7, 11) is 1.62. The first-order valence-corrected chi connectivity index (χ1v) is 9.95. The van der Waals surface area contributed by atoms with Crippen LogP contribution in [0.3, 0.4) is 0 Å². The Morgan fingerprint density at radius 2 is 1.89 bits per heavy atom. The van der Waals surface area contributed by atoms with E-state index in [0.29, 0.717) is 28.8 Å². The van der Waals surface area contributed by atoms with Crippen LogP contribution in [0.25, 0.3) is 0 Å². The molecule has 1 atom stereocenters.